The Morgan fingerprint density at radius 1 is 0.0149 bits per heavy atom. The van der Waals surface area contributed by atoms with Gasteiger partial charge in [0.05, 0.1) is 0 Å². The van der Waals surface area contributed by atoms with Crippen molar-refractivity contribution >= 4 is 0 Å². The molecule has 0 aromatic heterocycles. The summed E-state index contributed by atoms with van der Waals surface area (Å²) < 4.78 is 0. The Morgan fingerprint density at radius 2 is 0.0149 bits per heavy atom. The van der Waals surface area contributed by atoms with Crippen molar-refractivity contribution in [3.05, 3.63) is 0 Å². The smallest absolute Gasteiger partial charge is 0 e. The van der Waals surface area contributed by atoms with Crippen molar-refractivity contribution in [1.29, 1.82) is 0 Å². The van der Waals surface area contributed by atoms with Gasteiger partial charge in [0.1, 0.15) is 0 Å². The zero-order chi connectivity index (χ0) is 0. The van der Waals surface area contributed by atoms with Crippen LogP contribution >= 0.6 is 0 Å². The van der Waals surface area contributed by atoms with E-state index in [9.17, 15) is 0 Å². The third-order valence-electron chi connectivity index (χ3n) is 0. The molecule has 0 unspecified atom stereocenters. The Hall–Kier alpha value is 86.1. The van der Waals surface area contributed by atoms with E-state index in [1.54, 1.807) is 0 Å². The van der Waals surface area contributed by atoms with Crippen LogP contribution in [0.4, 0.5) is 0 Å². The predicted octanol–water partition coefficient (Wildman–Crippen LogP) is 0. The molecule has 0 atom stereocenters. The molecule has 0 aliphatic rings. The molecule has 0 fully saturated rings. The summed E-state index contributed by atoms with van der Waals surface area (Å²) in [5.41, 5.74) is 0. The Labute approximate surface area is 2480 Å². The largest absolute Gasteiger partial charge is 0 e. The molecule has 0 spiro atoms. The Bertz CT molecular complexity index is 0. The first-order valence-corrected chi connectivity index (χ1v) is 0. The van der Waals surface area contributed by atoms with Crippen LogP contribution in [0.5, 0.6) is 0 Å². The van der Waals surface area contributed by atoms with E-state index >= 15 is 0 Å². The van der Waals surface area contributed by atoms with Gasteiger partial charge in [-0.05, 0) is 0 Å². The van der Waals surface area contributed by atoms with Crippen LogP contribution in [0.3, 0.4) is 0 Å². The van der Waals surface area contributed by atoms with Gasteiger partial charge in [-0.15, -0.1) is 0 Å². The molecule has 0 rings (SSSR count). The Kier molecular flexibility index (Phi) is 3340. The summed E-state index contributed by atoms with van der Waals surface area (Å²) in [7, 11) is 0. The van der Waals surface area contributed by atoms with Crippen LogP contribution < -0.4 is 0 Å². The van der Waals surface area contributed by atoms with Crippen molar-refractivity contribution in [3.8, 4) is 0 Å². The topological polar surface area (TPSA) is 0 Å². The molecule has 0 aliphatic carbocycles. The maximum atomic E-state index is 0. The molecule has 67 heavy (non-hydrogen) atoms. The minimum Gasteiger partial charge on any atom is 0 e. The van der Waals surface area contributed by atoms with Crippen LogP contribution in [0, 0.1) is 2590 Å². The van der Waals surface area contributed by atoms with Gasteiger partial charge in [0, 0.05) is 2590 Å². The fourth-order valence-electron chi connectivity index (χ4n) is 0. The van der Waals surface area contributed by atoms with E-state index in [0.29, 0.717) is 0 Å². The summed E-state index contributed by atoms with van der Waals surface area (Å²) in [6.45, 7) is 0. The summed E-state index contributed by atoms with van der Waals surface area (Å²) in [6, 6.07) is 0. The van der Waals surface area contributed by atoms with Gasteiger partial charge < -0.3 is 0 Å². The molecule has 0 saturated carbocycles. The second-order valence-electron chi connectivity index (χ2n) is 0. The fraction of sp³-hybridized carbons (Fsp3) is 0. The molecule has 67 heteroatoms. The minimum atomic E-state index is 0. The van der Waals surface area contributed by atoms with Crippen molar-refractivity contribution in [2.75, 3.05) is 0 Å². The average Bonchev–Trinajstić information content (AvgIpc) is 0. The molecule has 0 aliphatic heterocycles. The third-order valence-corrected chi connectivity index (χ3v) is 0. The summed E-state index contributed by atoms with van der Waals surface area (Å²) in [5.74, 6) is 0. The standard InChI is InChI=1S/67Tb. The van der Waals surface area contributed by atoms with Crippen LogP contribution in [0.15, 0.2) is 0 Å². The van der Waals surface area contributed by atoms with Gasteiger partial charge in [0.25, 0.3) is 0 Å². The molecule has 0 aromatic carbocycles. The molecule has 0 aromatic rings. The van der Waals surface area contributed by atoms with Gasteiger partial charge in [-0.2, -0.15) is 0 Å². The second-order valence-corrected chi connectivity index (χ2v) is 0. The molecule has 67 radical (unpaired) electrons. The molecule has 0 nitrogen and oxygen atoms in total. The van der Waals surface area contributed by atoms with Crippen molar-refractivity contribution in [2.45, 2.75) is 0 Å². The summed E-state index contributed by atoms with van der Waals surface area (Å²) in [6.07, 6.45) is 0. The number of hydrogen-bond acceptors (Lipinski definition) is 0. The first-order chi connectivity index (χ1) is 0. The normalized spacial score (nSPS) is 0. The van der Waals surface area contributed by atoms with Gasteiger partial charge in [-0.3, -0.25) is 0 Å². The maximum absolute atomic E-state index is 0. The second kappa shape index (κ2) is 468. The number of hydrogen-bond donors (Lipinski definition) is 0. The SMILES string of the molecule is [Tb].[Tb].[Tb].[Tb].[Tb].[Tb].[Tb].[Tb].[Tb].[Tb].[Tb].[Tb].[Tb].[Tb].[Tb].[Tb].[Tb].[Tb].[Tb].[Tb].[Tb].[Tb].[Tb].[Tb].[Tb].[Tb].[Tb].[Tb].[Tb].[Tb].[Tb].[Tb].[Tb].[Tb].[Tb].[Tb].[Tb].[Tb].[Tb].[Tb].[Tb].[Tb].[Tb].[Tb].[Tb].[Tb].[Tb].[Tb].[Tb].[Tb].[Tb].[Tb].[Tb].[Tb].[Tb].[Tb].[Tb].[Tb].[Tb].[Tb].[Tb].[Tb].[Tb].[Tb].[Tb].[Tb].[Tb]. The zero-order valence-corrected chi connectivity index (χ0v) is 166. The van der Waals surface area contributed by atoms with E-state index in [1.165, 1.54) is 0 Å². The summed E-state index contributed by atoms with van der Waals surface area (Å²) >= 11 is 0. The summed E-state index contributed by atoms with van der Waals surface area (Å²) in [5, 5.41) is 0. The zero-order valence-electron chi connectivity index (χ0n) is 22.3. The quantitative estimate of drug-likeness (QED) is 0.321. The van der Waals surface area contributed by atoms with E-state index in [-0.39, 0.29) is 2590 Å². The molecule has 0 N–H and O–H groups in total. The molecule has 0 heterocycles. The van der Waals surface area contributed by atoms with Crippen LogP contribution in [-0.4, -0.2) is 0 Å². The predicted molar refractivity (Wildman–Crippen MR) is 0 cm³/mol. The van der Waals surface area contributed by atoms with E-state index in [0.717, 1.165) is 0 Å². The van der Waals surface area contributed by atoms with Crippen LogP contribution in [0.2, 0.25) is 0 Å². The van der Waals surface area contributed by atoms with E-state index < -0.39 is 0 Å². The molecule has 603 valence electrons. The Balaban J connectivity index is 0. The van der Waals surface area contributed by atoms with E-state index in [4.69, 9.17) is 0 Å². The van der Waals surface area contributed by atoms with Crippen molar-refractivity contribution in [3.63, 3.8) is 0 Å². The summed E-state index contributed by atoms with van der Waals surface area (Å²) in [4.78, 5) is 0. The van der Waals surface area contributed by atoms with Gasteiger partial charge in [0.2, 0.25) is 0 Å². The molecule has 0 saturated heterocycles. The van der Waals surface area contributed by atoms with Gasteiger partial charge in [-0.1, -0.05) is 0 Å². The van der Waals surface area contributed by atoms with Crippen molar-refractivity contribution in [1.82, 2.24) is 0 Å². The first-order valence-electron chi connectivity index (χ1n) is 0. The van der Waals surface area contributed by atoms with Crippen LogP contribution in [0.1, 0.15) is 0 Å². The maximum Gasteiger partial charge on any atom is 0 e. The fourth-order valence-corrected chi connectivity index (χ4v) is 0. The third kappa shape index (κ3) is 462. The van der Waals surface area contributed by atoms with Gasteiger partial charge in [0.15, 0.2) is 0 Å². The minimum absolute atomic E-state index is 0. The van der Waals surface area contributed by atoms with Gasteiger partial charge >= 0.3 is 0 Å². The van der Waals surface area contributed by atoms with Crippen molar-refractivity contribution in [2.24, 2.45) is 0 Å². The van der Waals surface area contributed by atoms with Crippen LogP contribution in [0.25, 0.3) is 0 Å². The monoisotopic (exact) mass is 10600 g/mol. The molecular weight excluding hydrogens is 10600 g/mol. The van der Waals surface area contributed by atoms with Crippen molar-refractivity contribution < 1.29 is 2590 Å². The molecule has 0 amide bonds. The average molecular weight is 10600 g/mol. The molecule has 0 bridgehead atoms. The Morgan fingerprint density at radius 3 is 0.0149 bits per heavy atom. The molecular formula is Tb67. The first kappa shape index (κ1) is 478. The van der Waals surface area contributed by atoms with E-state index in [2.05, 4.69) is 0 Å². The van der Waals surface area contributed by atoms with Gasteiger partial charge in [-0.25, -0.2) is 0 Å². The number of rotatable bonds is 0. The van der Waals surface area contributed by atoms with Crippen LogP contribution in [-0.2, 0) is 0 Å². The van der Waals surface area contributed by atoms with E-state index in [1.807, 2.05) is 0 Å².